The van der Waals surface area contributed by atoms with Crippen LogP contribution in [0.25, 0.3) is 0 Å². The van der Waals surface area contributed by atoms with Gasteiger partial charge in [0.1, 0.15) is 5.82 Å². The Labute approximate surface area is 229 Å². The number of halogens is 1. The number of rotatable bonds is 5. The number of hydrogen-bond donors (Lipinski definition) is 3. The van der Waals surface area contributed by atoms with Crippen LogP contribution in [0.4, 0.5) is 5.82 Å². The molecule has 0 aromatic carbocycles. The van der Waals surface area contributed by atoms with Gasteiger partial charge in [-0.3, -0.25) is 24.1 Å². The van der Waals surface area contributed by atoms with Gasteiger partial charge in [-0.15, -0.1) is 11.3 Å². The smallest absolute Gasteiger partial charge is 0.314 e. The number of anilines is 1. The van der Waals surface area contributed by atoms with Gasteiger partial charge in [0, 0.05) is 43.7 Å². The van der Waals surface area contributed by atoms with Gasteiger partial charge in [0.25, 0.3) is 5.91 Å². The fraction of sp³-hybridized carbons (Fsp3) is 0.520. The zero-order valence-corrected chi connectivity index (χ0v) is 23.0. The van der Waals surface area contributed by atoms with Gasteiger partial charge in [-0.05, 0) is 51.3 Å². The van der Waals surface area contributed by atoms with Crippen LogP contribution in [0.3, 0.4) is 0 Å². The van der Waals surface area contributed by atoms with Crippen molar-refractivity contribution in [2.24, 2.45) is 5.92 Å². The zero-order valence-electron chi connectivity index (χ0n) is 21.4. The standard InChI is InChI=1S/C25H30ClN7O4S/c1-32(2)24(37)13-4-6-15(28-20(34)21(35)30-18-7-5-14(26)11-27-18)16(10-13)29-22(36)23-31-19-17(38-23)12-33(3)25(19)8-9-25/h5,7,11,13,15-16H,4,6,8-10,12H2,1-3H3,(H,28,34)(H,29,36)(H,27,30,35)/t13-,15-,16+/m0/s1. The third-order valence-corrected chi connectivity index (χ3v) is 8.88. The molecule has 2 aliphatic carbocycles. The van der Waals surface area contributed by atoms with Crippen LogP contribution in [0.1, 0.15) is 52.5 Å². The lowest BCUT2D eigenvalue weighted by Gasteiger charge is -2.37. The summed E-state index contributed by atoms with van der Waals surface area (Å²) in [7, 11) is 5.47. The molecule has 2 aromatic heterocycles. The van der Waals surface area contributed by atoms with Gasteiger partial charge in [0.05, 0.1) is 22.3 Å². The molecule has 0 bridgehead atoms. The van der Waals surface area contributed by atoms with Crippen LogP contribution in [0.5, 0.6) is 0 Å². The quantitative estimate of drug-likeness (QED) is 0.475. The van der Waals surface area contributed by atoms with Gasteiger partial charge in [-0.1, -0.05) is 11.6 Å². The molecular formula is C25H30ClN7O4S. The molecule has 0 saturated heterocycles. The highest BCUT2D eigenvalue weighted by atomic mass is 35.5. The van der Waals surface area contributed by atoms with E-state index in [1.54, 1.807) is 20.2 Å². The molecule has 0 unspecified atom stereocenters. The van der Waals surface area contributed by atoms with Crippen LogP contribution in [0.2, 0.25) is 5.02 Å². The molecule has 2 aromatic rings. The highest BCUT2D eigenvalue weighted by molar-refractivity contribution is 7.13. The Bertz CT molecular complexity index is 1280. The molecule has 202 valence electrons. The van der Waals surface area contributed by atoms with E-state index in [4.69, 9.17) is 16.6 Å². The van der Waals surface area contributed by atoms with E-state index in [0.717, 1.165) is 30.0 Å². The number of pyridine rings is 1. The topological polar surface area (TPSA) is 137 Å². The fourth-order valence-corrected chi connectivity index (χ4v) is 6.61. The van der Waals surface area contributed by atoms with E-state index in [1.807, 2.05) is 0 Å². The second-order valence-corrected chi connectivity index (χ2v) is 11.9. The summed E-state index contributed by atoms with van der Waals surface area (Å²) < 4.78 is 0. The molecule has 5 rings (SSSR count). The highest BCUT2D eigenvalue weighted by Crippen LogP contribution is 2.56. The summed E-state index contributed by atoms with van der Waals surface area (Å²) in [5, 5.41) is 8.98. The van der Waals surface area contributed by atoms with Crippen molar-refractivity contribution in [2.75, 3.05) is 26.5 Å². The number of nitrogens with one attached hydrogen (secondary N) is 3. The molecule has 3 N–H and O–H groups in total. The third kappa shape index (κ3) is 5.12. The number of fused-ring (bicyclic) bond motifs is 2. The minimum absolute atomic E-state index is 0.0265. The van der Waals surface area contributed by atoms with Crippen molar-refractivity contribution in [3.63, 3.8) is 0 Å². The first-order chi connectivity index (χ1) is 18.1. The van der Waals surface area contributed by atoms with Crippen molar-refractivity contribution < 1.29 is 19.2 Å². The molecule has 3 heterocycles. The maximum atomic E-state index is 13.3. The predicted octanol–water partition coefficient (Wildman–Crippen LogP) is 1.74. The molecule has 2 saturated carbocycles. The summed E-state index contributed by atoms with van der Waals surface area (Å²) in [5.41, 5.74) is 0.970. The number of carbonyl (C=O) groups is 4. The number of amides is 4. The molecule has 2 fully saturated rings. The van der Waals surface area contributed by atoms with E-state index in [0.29, 0.717) is 29.3 Å². The Hall–Kier alpha value is -3.09. The minimum Gasteiger partial charge on any atom is -0.349 e. The molecule has 11 nitrogen and oxygen atoms in total. The maximum absolute atomic E-state index is 13.3. The Kier molecular flexibility index (Phi) is 7.14. The Morgan fingerprint density at radius 1 is 1.11 bits per heavy atom. The molecule has 3 atom stereocenters. The van der Waals surface area contributed by atoms with Crippen LogP contribution in [0, 0.1) is 5.92 Å². The van der Waals surface area contributed by atoms with Gasteiger partial charge in [-0.2, -0.15) is 0 Å². The fourth-order valence-electron chi connectivity index (χ4n) is 5.38. The summed E-state index contributed by atoms with van der Waals surface area (Å²) in [6, 6.07) is 1.96. The van der Waals surface area contributed by atoms with Gasteiger partial charge in [-0.25, -0.2) is 9.97 Å². The third-order valence-electron chi connectivity index (χ3n) is 7.62. The van der Waals surface area contributed by atoms with E-state index < -0.39 is 23.9 Å². The average molecular weight is 560 g/mol. The lowest BCUT2D eigenvalue weighted by Crippen LogP contribution is -2.57. The van der Waals surface area contributed by atoms with Crippen molar-refractivity contribution in [3.8, 4) is 0 Å². The minimum atomic E-state index is -0.883. The average Bonchev–Trinajstić information content (AvgIpc) is 3.52. The molecule has 0 radical (unpaired) electrons. The van der Waals surface area contributed by atoms with Crippen molar-refractivity contribution in [1.82, 2.24) is 30.4 Å². The summed E-state index contributed by atoms with van der Waals surface area (Å²) in [4.78, 5) is 64.8. The van der Waals surface area contributed by atoms with Gasteiger partial charge < -0.3 is 20.9 Å². The number of nitrogens with zero attached hydrogens (tertiary/aromatic N) is 4. The van der Waals surface area contributed by atoms with Crippen LogP contribution in [-0.2, 0) is 26.5 Å². The van der Waals surface area contributed by atoms with Gasteiger partial charge in [0.2, 0.25) is 5.91 Å². The van der Waals surface area contributed by atoms with E-state index in [1.165, 1.54) is 28.5 Å². The summed E-state index contributed by atoms with van der Waals surface area (Å²) in [6.07, 6.45) is 4.73. The molecule has 13 heteroatoms. The zero-order chi connectivity index (χ0) is 27.2. The molecular weight excluding hydrogens is 530 g/mol. The van der Waals surface area contributed by atoms with Crippen LogP contribution < -0.4 is 16.0 Å². The Balaban J connectivity index is 1.28. The number of aromatic nitrogens is 2. The van der Waals surface area contributed by atoms with Crippen molar-refractivity contribution >= 4 is 52.4 Å². The van der Waals surface area contributed by atoms with Crippen LogP contribution >= 0.6 is 22.9 Å². The molecule has 1 aliphatic heterocycles. The SMILES string of the molecule is CN(C)C(=O)[C@H]1CC[C@H](NC(=O)C(=O)Nc2ccc(Cl)cn2)[C@H](NC(=O)c2nc3c(s2)CN(C)C32CC2)C1. The predicted molar refractivity (Wildman–Crippen MR) is 142 cm³/mol. The van der Waals surface area contributed by atoms with E-state index in [-0.39, 0.29) is 29.1 Å². The summed E-state index contributed by atoms with van der Waals surface area (Å²) in [5.74, 6) is -2.22. The summed E-state index contributed by atoms with van der Waals surface area (Å²) in [6.45, 7) is 0.777. The first-order valence-electron chi connectivity index (χ1n) is 12.5. The van der Waals surface area contributed by atoms with Crippen molar-refractivity contribution in [3.05, 3.63) is 38.9 Å². The van der Waals surface area contributed by atoms with Crippen LogP contribution in [-0.4, -0.2) is 76.6 Å². The van der Waals surface area contributed by atoms with Crippen molar-refractivity contribution in [2.45, 2.75) is 56.3 Å². The van der Waals surface area contributed by atoms with Gasteiger partial charge in [0.15, 0.2) is 5.01 Å². The maximum Gasteiger partial charge on any atom is 0.314 e. The normalized spacial score (nSPS) is 23.4. The van der Waals surface area contributed by atoms with Crippen LogP contribution in [0.15, 0.2) is 18.3 Å². The Morgan fingerprint density at radius 3 is 2.53 bits per heavy atom. The first-order valence-corrected chi connectivity index (χ1v) is 13.7. The van der Waals surface area contributed by atoms with E-state index in [2.05, 4.69) is 32.9 Å². The largest absolute Gasteiger partial charge is 0.349 e. The lowest BCUT2D eigenvalue weighted by molar-refractivity contribution is -0.137. The summed E-state index contributed by atoms with van der Waals surface area (Å²) >= 11 is 7.21. The highest BCUT2D eigenvalue weighted by Gasteiger charge is 2.55. The number of thiazole rings is 1. The van der Waals surface area contributed by atoms with Crippen molar-refractivity contribution in [1.29, 1.82) is 0 Å². The number of hydrogen-bond acceptors (Lipinski definition) is 8. The van der Waals surface area contributed by atoms with E-state index >= 15 is 0 Å². The molecule has 4 amide bonds. The molecule has 3 aliphatic rings. The number of carbonyl (C=O) groups excluding carboxylic acids is 4. The molecule has 38 heavy (non-hydrogen) atoms. The monoisotopic (exact) mass is 559 g/mol. The van der Waals surface area contributed by atoms with E-state index in [9.17, 15) is 19.2 Å². The second-order valence-electron chi connectivity index (χ2n) is 10.4. The lowest BCUT2D eigenvalue weighted by atomic mass is 9.81. The second kappa shape index (κ2) is 10.2. The Morgan fingerprint density at radius 2 is 1.87 bits per heavy atom. The molecule has 1 spiro atoms. The van der Waals surface area contributed by atoms with Gasteiger partial charge >= 0.3 is 11.8 Å². The first kappa shape index (κ1) is 26.5.